The van der Waals surface area contributed by atoms with Gasteiger partial charge in [0.2, 0.25) is 10.0 Å². The minimum absolute atomic E-state index is 0.220. The minimum Gasteiger partial charge on any atom is -0.378 e. The van der Waals surface area contributed by atoms with E-state index in [1.807, 2.05) is 19.1 Å². The predicted molar refractivity (Wildman–Crippen MR) is 90.7 cm³/mol. The van der Waals surface area contributed by atoms with Crippen LogP contribution in [0.25, 0.3) is 0 Å². The van der Waals surface area contributed by atoms with Crippen LogP contribution >= 0.6 is 11.3 Å². The van der Waals surface area contributed by atoms with Crippen molar-refractivity contribution in [3.8, 4) is 0 Å². The van der Waals surface area contributed by atoms with Gasteiger partial charge in [-0.3, -0.25) is 4.72 Å². The van der Waals surface area contributed by atoms with Crippen LogP contribution in [0.4, 0.5) is 11.4 Å². The van der Waals surface area contributed by atoms with E-state index in [2.05, 4.69) is 35.3 Å². The third-order valence-corrected chi connectivity index (χ3v) is 4.99. The Hall–Kier alpha value is -1.53. The molecule has 0 saturated heterocycles. The third-order valence-electron chi connectivity index (χ3n) is 3.20. The molecule has 0 amide bonds. The van der Waals surface area contributed by atoms with E-state index in [9.17, 15) is 8.42 Å². The Balaban J connectivity index is 2.15. The molecule has 0 fully saturated rings. The summed E-state index contributed by atoms with van der Waals surface area (Å²) in [4.78, 5) is 1.31. The van der Waals surface area contributed by atoms with Gasteiger partial charge in [-0.05, 0) is 61.5 Å². The van der Waals surface area contributed by atoms with Crippen molar-refractivity contribution in [1.82, 2.24) is 0 Å². The Labute approximate surface area is 130 Å². The maximum Gasteiger partial charge on any atom is 0.229 e. The first kappa shape index (κ1) is 15.9. The van der Waals surface area contributed by atoms with E-state index in [1.165, 1.54) is 10.4 Å². The molecule has 6 heteroatoms. The summed E-state index contributed by atoms with van der Waals surface area (Å²) in [7, 11) is -3.25. The summed E-state index contributed by atoms with van der Waals surface area (Å²) in [5.41, 5.74) is 3.77. The standard InChI is InChI=1S/C15H20N2O2S2/c1-10-7-8-20-15(10)12(3)16-13-5-6-14(11(2)9-13)17-21(4,18)19/h5-9,12,16-17H,1-4H3. The van der Waals surface area contributed by atoms with Gasteiger partial charge < -0.3 is 5.32 Å². The summed E-state index contributed by atoms with van der Waals surface area (Å²) in [5.74, 6) is 0. The van der Waals surface area contributed by atoms with E-state index >= 15 is 0 Å². The quantitative estimate of drug-likeness (QED) is 0.876. The van der Waals surface area contributed by atoms with Gasteiger partial charge in [0.1, 0.15) is 0 Å². The number of sulfonamides is 1. The SMILES string of the molecule is Cc1cc(NC(C)c2sccc2C)ccc1NS(C)(=O)=O. The van der Waals surface area contributed by atoms with Gasteiger partial charge in [0.05, 0.1) is 18.0 Å². The van der Waals surface area contributed by atoms with Crippen molar-refractivity contribution in [3.05, 3.63) is 45.6 Å². The average molecular weight is 324 g/mol. The molecule has 21 heavy (non-hydrogen) atoms. The van der Waals surface area contributed by atoms with E-state index in [4.69, 9.17) is 0 Å². The summed E-state index contributed by atoms with van der Waals surface area (Å²) in [6, 6.07) is 7.96. The van der Waals surface area contributed by atoms with E-state index in [1.54, 1.807) is 17.4 Å². The van der Waals surface area contributed by atoms with Crippen LogP contribution in [0.2, 0.25) is 0 Å². The number of hydrogen-bond donors (Lipinski definition) is 2. The number of rotatable bonds is 5. The molecule has 1 unspecified atom stereocenters. The maximum atomic E-state index is 11.3. The lowest BCUT2D eigenvalue weighted by Crippen LogP contribution is -2.11. The molecule has 0 aliphatic heterocycles. The lowest BCUT2D eigenvalue weighted by molar-refractivity contribution is 0.607. The van der Waals surface area contributed by atoms with Crippen molar-refractivity contribution < 1.29 is 8.42 Å². The van der Waals surface area contributed by atoms with Gasteiger partial charge >= 0.3 is 0 Å². The fourth-order valence-electron chi connectivity index (χ4n) is 2.21. The van der Waals surface area contributed by atoms with Gasteiger partial charge in [-0.15, -0.1) is 11.3 Å². The molecule has 2 N–H and O–H groups in total. The summed E-state index contributed by atoms with van der Waals surface area (Å²) in [5, 5.41) is 5.54. The van der Waals surface area contributed by atoms with Crippen LogP contribution in [0.15, 0.2) is 29.6 Å². The molecule has 2 aromatic rings. The number of nitrogens with one attached hydrogen (secondary N) is 2. The highest BCUT2D eigenvalue weighted by Crippen LogP contribution is 2.28. The van der Waals surface area contributed by atoms with Crippen molar-refractivity contribution in [2.45, 2.75) is 26.8 Å². The van der Waals surface area contributed by atoms with Gasteiger partial charge in [-0.25, -0.2) is 8.42 Å². The van der Waals surface area contributed by atoms with Crippen LogP contribution < -0.4 is 10.0 Å². The zero-order valence-corrected chi connectivity index (χ0v) is 14.2. The Morgan fingerprint density at radius 2 is 1.86 bits per heavy atom. The Morgan fingerprint density at radius 3 is 2.38 bits per heavy atom. The Kier molecular flexibility index (Phi) is 4.58. The fraction of sp³-hybridized carbons (Fsp3) is 0.333. The first-order chi connectivity index (χ1) is 9.76. The number of hydrogen-bond acceptors (Lipinski definition) is 4. The molecule has 0 radical (unpaired) electrons. The summed E-state index contributed by atoms with van der Waals surface area (Å²) in [6.45, 7) is 6.12. The monoisotopic (exact) mass is 324 g/mol. The van der Waals surface area contributed by atoms with Gasteiger partial charge in [0, 0.05) is 10.6 Å². The van der Waals surface area contributed by atoms with Gasteiger partial charge in [0.25, 0.3) is 0 Å². The minimum atomic E-state index is -3.25. The molecule has 1 aromatic carbocycles. The lowest BCUT2D eigenvalue weighted by Gasteiger charge is -2.17. The highest BCUT2D eigenvalue weighted by molar-refractivity contribution is 7.92. The summed E-state index contributed by atoms with van der Waals surface area (Å²) in [6.07, 6.45) is 1.15. The van der Waals surface area contributed by atoms with E-state index in [-0.39, 0.29) is 6.04 Å². The second-order valence-electron chi connectivity index (χ2n) is 5.24. The molecule has 2 rings (SSSR count). The van der Waals surface area contributed by atoms with E-state index < -0.39 is 10.0 Å². The molecule has 0 aliphatic carbocycles. The first-order valence-corrected chi connectivity index (χ1v) is 9.42. The molecule has 0 aliphatic rings. The molecular weight excluding hydrogens is 304 g/mol. The highest BCUT2D eigenvalue weighted by atomic mass is 32.2. The van der Waals surface area contributed by atoms with Crippen LogP contribution in [0.3, 0.4) is 0 Å². The second kappa shape index (κ2) is 6.07. The van der Waals surface area contributed by atoms with Crippen LogP contribution in [-0.4, -0.2) is 14.7 Å². The van der Waals surface area contributed by atoms with Crippen LogP contribution in [0.5, 0.6) is 0 Å². The van der Waals surface area contributed by atoms with Crippen molar-refractivity contribution >= 4 is 32.7 Å². The largest absolute Gasteiger partial charge is 0.378 e. The van der Waals surface area contributed by atoms with Crippen molar-refractivity contribution in [1.29, 1.82) is 0 Å². The smallest absolute Gasteiger partial charge is 0.229 e. The van der Waals surface area contributed by atoms with Crippen molar-refractivity contribution in [2.75, 3.05) is 16.3 Å². The van der Waals surface area contributed by atoms with Crippen LogP contribution in [0.1, 0.15) is 29.0 Å². The van der Waals surface area contributed by atoms with Crippen LogP contribution in [0, 0.1) is 13.8 Å². The Morgan fingerprint density at radius 1 is 1.14 bits per heavy atom. The topological polar surface area (TPSA) is 58.2 Å². The lowest BCUT2D eigenvalue weighted by atomic mass is 10.1. The Bertz CT molecular complexity index is 736. The summed E-state index contributed by atoms with van der Waals surface area (Å²) < 4.78 is 25.1. The van der Waals surface area contributed by atoms with E-state index in [0.717, 1.165) is 17.5 Å². The number of benzene rings is 1. The first-order valence-electron chi connectivity index (χ1n) is 6.65. The second-order valence-corrected chi connectivity index (χ2v) is 7.93. The normalized spacial score (nSPS) is 13.0. The molecule has 1 aromatic heterocycles. The number of aryl methyl sites for hydroxylation is 2. The molecule has 1 heterocycles. The van der Waals surface area contributed by atoms with Crippen molar-refractivity contribution in [3.63, 3.8) is 0 Å². The third kappa shape index (κ3) is 4.22. The van der Waals surface area contributed by atoms with Crippen molar-refractivity contribution in [2.24, 2.45) is 0 Å². The highest BCUT2D eigenvalue weighted by Gasteiger charge is 2.11. The fourth-order valence-corrected chi connectivity index (χ4v) is 3.78. The number of thiophene rings is 1. The molecule has 114 valence electrons. The molecule has 1 atom stereocenters. The molecule has 0 spiro atoms. The average Bonchev–Trinajstić information content (AvgIpc) is 2.77. The number of anilines is 2. The maximum absolute atomic E-state index is 11.3. The van der Waals surface area contributed by atoms with Gasteiger partial charge in [0.15, 0.2) is 0 Å². The molecule has 0 bridgehead atoms. The predicted octanol–water partition coefficient (Wildman–Crippen LogP) is 3.91. The van der Waals surface area contributed by atoms with Gasteiger partial charge in [-0.2, -0.15) is 0 Å². The molecule has 0 saturated carbocycles. The van der Waals surface area contributed by atoms with Gasteiger partial charge in [-0.1, -0.05) is 0 Å². The zero-order chi connectivity index (χ0) is 15.6. The van der Waals surface area contributed by atoms with Crippen LogP contribution in [-0.2, 0) is 10.0 Å². The summed E-state index contributed by atoms with van der Waals surface area (Å²) >= 11 is 1.74. The zero-order valence-electron chi connectivity index (χ0n) is 12.6. The van der Waals surface area contributed by atoms with E-state index in [0.29, 0.717) is 5.69 Å². The molecular formula is C15H20N2O2S2. The molecule has 4 nitrogen and oxygen atoms in total.